The van der Waals surface area contributed by atoms with Gasteiger partial charge in [-0.3, -0.25) is 9.78 Å². The fraction of sp³-hybridized carbons (Fsp3) is 0.211. The van der Waals surface area contributed by atoms with Crippen molar-refractivity contribution >= 4 is 32.9 Å². The Bertz CT molecular complexity index is 1080. The van der Waals surface area contributed by atoms with Crippen molar-refractivity contribution in [3.8, 4) is 10.7 Å². The fourth-order valence-corrected chi connectivity index (χ4v) is 4.41. The highest BCUT2D eigenvalue weighted by Crippen LogP contribution is 2.23. The summed E-state index contributed by atoms with van der Waals surface area (Å²) in [4.78, 5) is 23.4. The minimum Gasteiger partial charge on any atom is -0.396 e. The summed E-state index contributed by atoms with van der Waals surface area (Å²) in [6.45, 7) is 0.133. The second-order valence-electron chi connectivity index (χ2n) is 6.01. The first-order valence-electron chi connectivity index (χ1n) is 8.33. The zero-order valence-corrected chi connectivity index (χ0v) is 15.6. The van der Waals surface area contributed by atoms with Gasteiger partial charge in [-0.15, -0.1) is 11.3 Å². The number of aromatic nitrogens is 3. The van der Waals surface area contributed by atoms with Crippen LogP contribution in [0.1, 0.15) is 16.8 Å². The molecular formula is C19H17N3O2S2. The molecule has 2 N–H and O–H groups in total. The number of aliphatic hydroxyl groups excluding tert-OH is 1. The Morgan fingerprint density at radius 2 is 1.96 bits per heavy atom. The maximum Gasteiger partial charge on any atom is 0.305 e. The Labute approximate surface area is 158 Å². The van der Waals surface area contributed by atoms with Gasteiger partial charge in [-0.1, -0.05) is 23.5 Å². The standard InChI is InChI=1S/C19H17N3O2S2/c23-8-7-13-3-6-16(20-10-13)18-21-14(11-25-18)4-1-12-2-5-15-17(9-12)26-19(24)22-15/h2-3,5-6,9-11,23H,1,4,7-8H2,(H,22,24). The molecule has 0 aliphatic rings. The number of fused-ring (bicyclic) bond motifs is 1. The van der Waals surface area contributed by atoms with Crippen LogP contribution in [0.15, 0.2) is 46.7 Å². The van der Waals surface area contributed by atoms with Crippen LogP contribution in [-0.2, 0) is 19.3 Å². The van der Waals surface area contributed by atoms with Crippen molar-refractivity contribution in [3.63, 3.8) is 0 Å². The number of H-pyrrole nitrogens is 1. The minimum atomic E-state index is -0.0150. The molecular weight excluding hydrogens is 366 g/mol. The molecule has 1 aromatic carbocycles. The van der Waals surface area contributed by atoms with E-state index in [0.717, 1.165) is 45.0 Å². The average molecular weight is 383 g/mol. The molecule has 0 bridgehead atoms. The van der Waals surface area contributed by atoms with Crippen LogP contribution in [0.3, 0.4) is 0 Å². The largest absolute Gasteiger partial charge is 0.396 e. The molecule has 0 spiro atoms. The normalized spacial score (nSPS) is 11.3. The number of aryl methyl sites for hydroxylation is 2. The zero-order valence-electron chi connectivity index (χ0n) is 13.9. The van der Waals surface area contributed by atoms with Crippen molar-refractivity contribution < 1.29 is 5.11 Å². The lowest BCUT2D eigenvalue weighted by Crippen LogP contribution is -1.93. The lowest BCUT2D eigenvalue weighted by atomic mass is 10.1. The third-order valence-electron chi connectivity index (χ3n) is 4.15. The van der Waals surface area contributed by atoms with Gasteiger partial charge in [-0.05, 0) is 48.6 Å². The first-order valence-corrected chi connectivity index (χ1v) is 10.0. The average Bonchev–Trinajstić information content (AvgIpc) is 3.26. The van der Waals surface area contributed by atoms with E-state index in [4.69, 9.17) is 10.1 Å². The molecule has 0 saturated carbocycles. The van der Waals surface area contributed by atoms with Gasteiger partial charge in [-0.2, -0.15) is 0 Å². The molecule has 0 unspecified atom stereocenters. The lowest BCUT2D eigenvalue weighted by Gasteiger charge is -2.00. The summed E-state index contributed by atoms with van der Waals surface area (Å²) in [5, 5.41) is 12.0. The number of rotatable bonds is 6. The Kier molecular flexibility index (Phi) is 4.92. The quantitative estimate of drug-likeness (QED) is 0.535. The molecule has 7 heteroatoms. The number of pyridine rings is 1. The molecule has 0 aliphatic heterocycles. The topological polar surface area (TPSA) is 78.9 Å². The fourth-order valence-electron chi connectivity index (χ4n) is 2.79. The van der Waals surface area contributed by atoms with E-state index in [2.05, 4.69) is 27.5 Å². The number of aromatic amines is 1. The third kappa shape index (κ3) is 3.75. The molecule has 4 rings (SSSR count). The van der Waals surface area contributed by atoms with E-state index in [-0.39, 0.29) is 11.5 Å². The van der Waals surface area contributed by atoms with Gasteiger partial charge in [0.15, 0.2) is 0 Å². The number of hydrogen-bond donors (Lipinski definition) is 2. The molecule has 0 saturated heterocycles. The Morgan fingerprint density at radius 1 is 1.08 bits per heavy atom. The predicted molar refractivity (Wildman–Crippen MR) is 106 cm³/mol. The van der Waals surface area contributed by atoms with Crippen LogP contribution in [0.25, 0.3) is 20.9 Å². The van der Waals surface area contributed by atoms with Crippen LogP contribution in [0, 0.1) is 0 Å². The molecule has 0 aliphatic carbocycles. The van der Waals surface area contributed by atoms with E-state index in [0.29, 0.717) is 6.42 Å². The summed E-state index contributed by atoms with van der Waals surface area (Å²) in [5.41, 5.74) is 5.04. The second-order valence-corrected chi connectivity index (χ2v) is 7.89. The van der Waals surface area contributed by atoms with Crippen molar-refractivity contribution in [2.45, 2.75) is 19.3 Å². The molecule has 3 heterocycles. The number of hydrogen-bond acceptors (Lipinski definition) is 6. The van der Waals surface area contributed by atoms with Gasteiger partial charge in [0, 0.05) is 18.2 Å². The number of thiazole rings is 2. The van der Waals surface area contributed by atoms with Crippen molar-refractivity contribution in [3.05, 3.63) is 68.4 Å². The van der Waals surface area contributed by atoms with Crippen LogP contribution in [-0.4, -0.2) is 26.7 Å². The Balaban J connectivity index is 1.44. The van der Waals surface area contributed by atoms with E-state index in [1.807, 2.05) is 18.2 Å². The van der Waals surface area contributed by atoms with Gasteiger partial charge < -0.3 is 10.1 Å². The van der Waals surface area contributed by atoms with Gasteiger partial charge in [0.25, 0.3) is 0 Å². The molecule has 0 radical (unpaired) electrons. The maximum atomic E-state index is 11.4. The predicted octanol–water partition coefficient (Wildman–Crippen LogP) is 3.43. The summed E-state index contributed by atoms with van der Waals surface area (Å²) >= 11 is 2.84. The molecule has 0 fully saturated rings. The summed E-state index contributed by atoms with van der Waals surface area (Å²) in [6, 6.07) is 10.0. The molecule has 0 atom stereocenters. The lowest BCUT2D eigenvalue weighted by molar-refractivity contribution is 0.299. The second kappa shape index (κ2) is 7.49. The van der Waals surface area contributed by atoms with Crippen LogP contribution >= 0.6 is 22.7 Å². The highest BCUT2D eigenvalue weighted by atomic mass is 32.1. The SMILES string of the molecule is O=c1[nH]c2ccc(CCc3csc(-c4ccc(CCO)cn4)n3)cc2s1. The van der Waals surface area contributed by atoms with Crippen molar-refractivity contribution in [2.75, 3.05) is 6.61 Å². The number of nitrogens with one attached hydrogen (secondary N) is 1. The summed E-state index contributed by atoms with van der Waals surface area (Å²) in [7, 11) is 0. The van der Waals surface area contributed by atoms with Crippen molar-refractivity contribution in [1.29, 1.82) is 0 Å². The van der Waals surface area contributed by atoms with Gasteiger partial charge in [0.05, 0.1) is 21.6 Å². The van der Waals surface area contributed by atoms with E-state index < -0.39 is 0 Å². The third-order valence-corrected chi connectivity index (χ3v) is 5.91. The van der Waals surface area contributed by atoms with E-state index in [1.165, 1.54) is 16.9 Å². The Morgan fingerprint density at radius 3 is 2.77 bits per heavy atom. The monoisotopic (exact) mass is 383 g/mol. The molecule has 0 amide bonds. The summed E-state index contributed by atoms with van der Waals surface area (Å²) in [5.74, 6) is 0. The zero-order chi connectivity index (χ0) is 17.9. The van der Waals surface area contributed by atoms with Crippen LogP contribution < -0.4 is 4.87 Å². The Hall–Kier alpha value is -2.35. The first kappa shape index (κ1) is 17.1. The summed E-state index contributed by atoms with van der Waals surface area (Å²) < 4.78 is 0.999. The summed E-state index contributed by atoms with van der Waals surface area (Å²) in [6.07, 6.45) is 4.15. The number of aliphatic hydroxyl groups is 1. The van der Waals surface area contributed by atoms with Crippen molar-refractivity contribution in [2.24, 2.45) is 0 Å². The smallest absolute Gasteiger partial charge is 0.305 e. The molecule has 132 valence electrons. The van der Waals surface area contributed by atoms with Gasteiger partial charge in [0.1, 0.15) is 5.01 Å². The van der Waals surface area contributed by atoms with Crippen LogP contribution in [0.5, 0.6) is 0 Å². The minimum absolute atomic E-state index is 0.0150. The maximum absolute atomic E-state index is 11.4. The van der Waals surface area contributed by atoms with E-state index >= 15 is 0 Å². The molecule has 4 aromatic rings. The highest BCUT2D eigenvalue weighted by molar-refractivity contribution is 7.16. The number of nitrogens with zero attached hydrogens (tertiary/aromatic N) is 2. The molecule has 26 heavy (non-hydrogen) atoms. The van der Waals surface area contributed by atoms with Gasteiger partial charge in [0.2, 0.25) is 0 Å². The van der Waals surface area contributed by atoms with Gasteiger partial charge in [-0.25, -0.2) is 4.98 Å². The van der Waals surface area contributed by atoms with Crippen molar-refractivity contribution in [1.82, 2.24) is 15.0 Å². The molecule has 3 aromatic heterocycles. The highest BCUT2D eigenvalue weighted by Gasteiger charge is 2.07. The van der Waals surface area contributed by atoms with Crippen LogP contribution in [0.4, 0.5) is 0 Å². The van der Waals surface area contributed by atoms with Gasteiger partial charge >= 0.3 is 4.87 Å². The first-order chi connectivity index (χ1) is 12.7. The van der Waals surface area contributed by atoms with E-state index in [1.54, 1.807) is 17.5 Å². The van der Waals surface area contributed by atoms with Crippen LogP contribution in [0.2, 0.25) is 0 Å². The van der Waals surface area contributed by atoms with E-state index in [9.17, 15) is 4.79 Å². The number of benzene rings is 1. The molecule has 5 nitrogen and oxygen atoms in total.